The summed E-state index contributed by atoms with van der Waals surface area (Å²) in [6.07, 6.45) is 2.34. The molecule has 2 heterocycles. The molecule has 0 radical (unpaired) electrons. The van der Waals surface area contributed by atoms with E-state index in [1.165, 1.54) is 0 Å². The minimum Gasteiger partial charge on any atom is -0.493 e. The van der Waals surface area contributed by atoms with E-state index >= 15 is 0 Å². The molecule has 110 valence electrons. The van der Waals surface area contributed by atoms with Crippen molar-refractivity contribution >= 4 is 0 Å². The number of fused-ring (bicyclic) bond motifs is 1. The standard InChI is InChI=1S/C16H24N2O2/c1-18-9-6-16(19,7-10-18)15(12-17)8-11-20-14-5-3-2-4-13(14)15/h2-5,19H,6-12,17H2,1H3. The number of hydrogen-bond donors (Lipinski definition) is 2. The summed E-state index contributed by atoms with van der Waals surface area (Å²) in [6.45, 7) is 2.93. The SMILES string of the molecule is CN1CCC(O)(C2(CN)CCOc3ccccc32)CC1. The first-order valence-corrected chi connectivity index (χ1v) is 7.45. The number of benzene rings is 1. The topological polar surface area (TPSA) is 58.7 Å². The highest BCUT2D eigenvalue weighted by Gasteiger charge is 2.53. The van der Waals surface area contributed by atoms with Crippen molar-refractivity contribution in [3.8, 4) is 5.75 Å². The first-order valence-electron chi connectivity index (χ1n) is 7.45. The summed E-state index contributed by atoms with van der Waals surface area (Å²) in [6, 6.07) is 8.04. The van der Waals surface area contributed by atoms with Gasteiger partial charge in [-0.25, -0.2) is 0 Å². The van der Waals surface area contributed by atoms with Gasteiger partial charge in [-0.1, -0.05) is 18.2 Å². The van der Waals surface area contributed by atoms with Gasteiger partial charge in [0.2, 0.25) is 0 Å². The van der Waals surface area contributed by atoms with Gasteiger partial charge >= 0.3 is 0 Å². The van der Waals surface area contributed by atoms with E-state index in [2.05, 4.69) is 18.0 Å². The van der Waals surface area contributed by atoms with E-state index in [-0.39, 0.29) is 5.41 Å². The average molecular weight is 276 g/mol. The zero-order chi connectivity index (χ0) is 14.2. The summed E-state index contributed by atoms with van der Waals surface area (Å²) >= 11 is 0. The van der Waals surface area contributed by atoms with E-state index in [9.17, 15) is 5.11 Å². The van der Waals surface area contributed by atoms with Crippen LogP contribution in [-0.2, 0) is 5.41 Å². The van der Waals surface area contributed by atoms with Crippen LogP contribution in [0.2, 0.25) is 0 Å². The molecule has 3 rings (SSSR count). The highest BCUT2D eigenvalue weighted by atomic mass is 16.5. The van der Waals surface area contributed by atoms with Crippen molar-refractivity contribution in [2.45, 2.75) is 30.3 Å². The highest BCUT2D eigenvalue weighted by molar-refractivity contribution is 5.44. The van der Waals surface area contributed by atoms with E-state index in [1.54, 1.807) is 0 Å². The van der Waals surface area contributed by atoms with Crippen LogP contribution in [0.15, 0.2) is 24.3 Å². The van der Waals surface area contributed by atoms with E-state index in [0.29, 0.717) is 13.2 Å². The number of rotatable bonds is 2. The molecule has 3 N–H and O–H groups in total. The summed E-state index contributed by atoms with van der Waals surface area (Å²) in [5, 5.41) is 11.3. The van der Waals surface area contributed by atoms with Crippen LogP contribution in [0.5, 0.6) is 5.75 Å². The molecule has 2 aliphatic heterocycles. The van der Waals surface area contributed by atoms with Crippen LogP contribution in [0.25, 0.3) is 0 Å². The van der Waals surface area contributed by atoms with Gasteiger partial charge in [0.1, 0.15) is 5.75 Å². The summed E-state index contributed by atoms with van der Waals surface area (Å²) in [4.78, 5) is 2.27. The fourth-order valence-electron chi connectivity index (χ4n) is 3.81. The van der Waals surface area contributed by atoms with E-state index < -0.39 is 5.60 Å². The van der Waals surface area contributed by atoms with Gasteiger partial charge in [0.15, 0.2) is 0 Å². The lowest BCUT2D eigenvalue weighted by atomic mass is 9.61. The normalized spacial score (nSPS) is 29.6. The van der Waals surface area contributed by atoms with Gasteiger partial charge in [-0.3, -0.25) is 0 Å². The van der Waals surface area contributed by atoms with Gasteiger partial charge < -0.3 is 20.5 Å². The maximum atomic E-state index is 11.3. The Bertz CT molecular complexity index is 483. The van der Waals surface area contributed by atoms with Gasteiger partial charge in [-0.2, -0.15) is 0 Å². The molecular weight excluding hydrogens is 252 g/mol. The molecule has 20 heavy (non-hydrogen) atoms. The molecule has 4 nitrogen and oxygen atoms in total. The van der Waals surface area contributed by atoms with Crippen LogP contribution in [0.3, 0.4) is 0 Å². The van der Waals surface area contributed by atoms with Gasteiger partial charge in [0.05, 0.1) is 12.2 Å². The summed E-state index contributed by atoms with van der Waals surface area (Å²) in [7, 11) is 2.10. The second kappa shape index (κ2) is 5.02. The molecule has 2 aliphatic rings. The van der Waals surface area contributed by atoms with E-state index in [4.69, 9.17) is 10.5 Å². The van der Waals surface area contributed by atoms with Crippen LogP contribution in [0.4, 0.5) is 0 Å². The first kappa shape index (κ1) is 13.9. The fourth-order valence-corrected chi connectivity index (χ4v) is 3.81. The number of aliphatic hydroxyl groups is 1. The van der Waals surface area contributed by atoms with Crippen LogP contribution >= 0.6 is 0 Å². The third-order valence-corrected chi connectivity index (χ3v) is 5.24. The maximum Gasteiger partial charge on any atom is 0.123 e. The van der Waals surface area contributed by atoms with Gasteiger partial charge in [0, 0.05) is 30.6 Å². The Kier molecular flexibility index (Phi) is 3.48. The third kappa shape index (κ3) is 1.94. The predicted molar refractivity (Wildman–Crippen MR) is 79.0 cm³/mol. The lowest BCUT2D eigenvalue weighted by Gasteiger charge is -2.52. The lowest BCUT2D eigenvalue weighted by molar-refractivity contribution is -0.0899. The maximum absolute atomic E-state index is 11.3. The van der Waals surface area contributed by atoms with Crippen molar-refractivity contribution in [3.63, 3.8) is 0 Å². The molecule has 0 bridgehead atoms. The number of nitrogens with zero attached hydrogens (tertiary/aromatic N) is 1. The third-order valence-electron chi connectivity index (χ3n) is 5.24. The second-order valence-corrected chi connectivity index (χ2v) is 6.22. The molecule has 0 spiro atoms. The molecule has 0 amide bonds. The Morgan fingerprint density at radius 3 is 2.65 bits per heavy atom. The molecule has 1 aromatic rings. The first-order chi connectivity index (χ1) is 9.61. The average Bonchev–Trinajstić information content (AvgIpc) is 2.49. The predicted octanol–water partition coefficient (Wildman–Crippen LogP) is 1.12. The van der Waals surface area contributed by atoms with Crippen molar-refractivity contribution < 1.29 is 9.84 Å². The van der Waals surface area contributed by atoms with E-state index in [1.807, 2.05) is 18.2 Å². The van der Waals surface area contributed by atoms with Gasteiger partial charge in [-0.15, -0.1) is 0 Å². The van der Waals surface area contributed by atoms with Crippen LogP contribution in [0.1, 0.15) is 24.8 Å². The molecule has 1 aromatic carbocycles. The van der Waals surface area contributed by atoms with Crippen molar-refractivity contribution in [2.75, 3.05) is 33.3 Å². The number of nitrogens with two attached hydrogens (primary N) is 1. The van der Waals surface area contributed by atoms with Crippen LogP contribution in [0, 0.1) is 0 Å². The number of piperidine rings is 1. The molecule has 1 atom stereocenters. The quantitative estimate of drug-likeness (QED) is 0.850. The van der Waals surface area contributed by atoms with Crippen molar-refractivity contribution in [1.82, 2.24) is 4.90 Å². The number of likely N-dealkylation sites (tertiary alicyclic amines) is 1. The molecule has 0 saturated carbocycles. The number of ether oxygens (including phenoxy) is 1. The molecule has 0 aromatic heterocycles. The number of hydrogen-bond acceptors (Lipinski definition) is 4. The van der Waals surface area contributed by atoms with Crippen LogP contribution < -0.4 is 10.5 Å². The Hall–Kier alpha value is -1.10. The minimum atomic E-state index is -0.728. The van der Waals surface area contributed by atoms with Crippen molar-refractivity contribution in [2.24, 2.45) is 5.73 Å². The van der Waals surface area contributed by atoms with Crippen molar-refractivity contribution in [1.29, 1.82) is 0 Å². The Balaban J connectivity index is 2.04. The molecule has 1 unspecified atom stereocenters. The number of para-hydroxylation sites is 1. The lowest BCUT2D eigenvalue weighted by Crippen LogP contribution is -2.61. The Morgan fingerprint density at radius 1 is 1.25 bits per heavy atom. The second-order valence-electron chi connectivity index (χ2n) is 6.22. The zero-order valence-electron chi connectivity index (χ0n) is 12.1. The van der Waals surface area contributed by atoms with E-state index in [0.717, 1.165) is 43.7 Å². The monoisotopic (exact) mass is 276 g/mol. The minimum absolute atomic E-state index is 0.372. The molecule has 1 saturated heterocycles. The highest BCUT2D eigenvalue weighted by Crippen LogP contribution is 2.49. The molecule has 0 aliphatic carbocycles. The smallest absolute Gasteiger partial charge is 0.123 e. The summed E-state index contributed by atoms with van der Waals surface area (Å²) < 4.78 is 5.76. The molecule has 4 heteroatoms. The molecular formula is C16H24N2O2. The van der Waals surface area contributed by atoms with Gasteiger partial charge in [0.25, 0.3) is 0 Å². The largest absolute Gasteiger partial charge is 0.493 e. The Labute approximate surface area is 120 Å². The fraction of sp³-hybridized carbons (Fsp3) is 0.625. The zero-order valence-corrected chi connectivity index (χ0v) is 12.1. The summed E-state index contributed by atoms with van der Waals surface area (Å²) in [5.74, 6) is 0.886. The van der Waals surface area contributed by atoms with Crippen molar-refractivity contribution in [3.05, 3.63) is 29.8 Å². The summed E-state index contributed by atoms with van der Waals surface area (Å²) in [5.41, 5.74) is 6.16. The van der Waals surface area contributed by atoms with Gasteiger partial charge in [-0.05, 0) is 32.4 Å². The molecule has 1 fully saturated rings. The Morgan fingerprint density at radius 2 is 1.95 bits per heavy atom. The van der Waals surface area contributed by atoms with Crippen LogP contribution in [-0.4, -0.2) is 48.9 Å².